The molecular formula is C38H46O11. The van der Waals surface area contributed by atoms with Gasteiger partial charge in [0.1, 0.15) is 35.9 Å². The van der Waals surface area contributed by atoms with E-state index >= 15 is 0 Å². The Morgan fingerprint density at radius 3 is 1.84 bits per heavy atom. The molecule has 11 heteroatoms. The van der Waals surface area contributed by atoms with Crippen LogP contribution in [-0.4, -0.2) is 72.1 Å². The van der Waals surface area contributed by atoms with Crippen molar-refractivity contribution in [2.45, 2.75) is 103 Å². The standard InChI is InChI=1S/C38H46O11/c1-22(2)18-31(41)44-21-37-30(48-35(43)27-16-12-9-13-17-27)20-28-32(45-24(4)39)38(37,49-36(28,6)7)23(3)19-29(33(37)46-25(5)40)47-34(42)26-14-10-8-11-15-26/h8-17,22-23,28-30,32-33H,18-21H2,1-7H3/t23-,28+,29-,30+,32+,33-,37-,38+/m0/s1. The van der Waals surface area contributed by atoms with Crippen molar-refractivity contribution >= 4 is 29.8 Å². The van der Waals surface area contributed by atoms with Gasteiger partial charge >= 0.3 is 29.8 Å². The van der Waals surface area contributed by atoms with Crippen molar-refractivity contribution in [3.63, 3.8) is 0 Å². The van der Waals surface area contributed by atoms with Crippen molar-refractivity contribution in [2.75, 3.05) is 6.61 Å². The van der Waals surface area contributed by atoms with E-state index in [0.29, 0.717) is 0 Å². The molecule has 0 radical (unpaired) electrons. The highest BCUT2D eigenvalue weighted by molar-refractivity contribution is 5.90. The normalized spacial score (nSPS) is 31.2. The van der Waals surface area contributed by atoms with Gasteiger partial charge in [0.15, 0.2) is 6.10 Å². The van der Waals surface area contributed by atoms with Gasteiger partial charge in [-0.3, -0.25) is 14.4 Å². The molecule has 3 fully saturated rings. The maximum absolute atomic E-state index is 13.9. The quantitative estimate of drug-likeness (QED) is 0.233. The van der Waals surface area contributed by atoms with Crippen LogP contribution in [0.25, 0.3) is 0 Å². The van der Waals surface area contributed by atoms with Crippen molar-refractivity contribution in [1.29, 1.82) is 0 Å². The molecule has 2 aromatic carbocycles. The summed E-state index contributed by atoms with van der Waals surface area (Å²) in [6.07, 6.45) is -4.19. The lowest BCUT2D eigenvalue weighted by atomic mass is 9.47. The topological polar surface area (TPSA) is 141 Å². The molecule has 1 spiro atoms. The number of carbonyl (C=O) groups is 5. The van der Waals surface area contributed by atoms with Crippen LogP contribution in [-0.2, 0) is 42.8 Å². The molecule has 0 aromatic heterocycles. The highest BCUT2D eigenvalue weighted by atomic mass is 16.6. The molecule has 2 saturated carbocycles. The number of carbonyl (C=O) groups excluding carboxylic acids is 5. The highest BCUT2D eigenvalue weighted by Crippen LogP contribution is 2.68. The first-order valence-corrected chi connectivity index (χ1v) is 16.8. The molecule has 2 aliphatic carbocycles. The van der Waals surface area contributed by atoms with Crippen LogP contribution in [0, 0.1) is 23.2 Å². The molecule has 1 heterocycles. The minimum absolute atomic E-state index is 0.0361. The van der Waals surface area contributed by atoms with Gasteiger partial charge in [0.05, 0.1) is 16.7 Å². The third-order valence-electron chi connectivity index (χ3n) is 10.2. The summed E-state index contributed by atoms with van der Waals surface area (Å²) in [6.45, 7) is 11.4. The van der Waals surface area contributed by atoms with Gasteiger partial charge in [-0.15, -0.1) is 0 Å². The van der Waals surface area contributed by atoms with Gasteiger partial charge in [-0.05, 0) is 62.8 Å². The van der Waals surface area contributed by atoms with E-state index in [1.54, 1.807) is 60.7 Å². The molecule has 2 bridgehead atoms. The fourth-order valence-electron chi connectivity index (χ4n) is 8.32. The summed E-state index contributed by atoms with van der Waals surface area (Å²) in [6, 6.07) is 16.8. The lowest BCUT2D eigenvalue weighted by Gasteiger charge is -2.63. The van der Waals surface area contributed by atoms with Crippen molar-refractivity contribution < 1.29 is 52.4 Å². The predicted molar refractivity (Wildman–Crippen MR) is 175 cm³/mol. The maximum atomic E-state index is 13.9. The Balaban J connectivity index is 1.74. The van der Waals surface area contributed by atoms with Gasteiger partial charge < -0.3 is 28.4 Å². The molecule has 1 aliphatic heterocycles. The van der Waals surface area contributed by atoms with E-state index in [9.17, 15) is 24.0 Å². The Hall–Kier alpha value is -4.25. The number of benzene rings is 2. The van der Waals surface area contributed by atoms with Gasteiger partial charge in [-0.2, -0.15) is 0 Å². The molecule has 0 N–H and O–H groups in total. The number of rotatable bonds is 10. The van der Waals surface area contributed by atoms with E-state index in [-0.39, 0.29) is 36.3 Å². The molecule has 2 aromatic rings. The van der Waals surface area contributed by atoms with Gasteiger partial charge in [0, 0.05) is 26.2 Å². The van der Waals surface area contributed by atoms with Crippen LogP contribution in [0.5, 0.6) is 0 Å². The Labute approximate surface area is 286 Å². The molecular weight excluding hydrogens is 632 g/mol. The molecule has 0 unspecified atom stereocenters. The number of ether oxygens (including phenoxy) is 6. The zero-order chi connectivity index (χ0) is 35.7. The number of hydrogen-bond acceptors (Lipinski definition) is 11. The van der Waals surface area contributed by atoms with Crippen LogP contribution in [0.15, 0.2) is 60.7 Å². The smallest absolute Gasteiger partial charge is 0.338 e. The Bertz CT molecular complexity index is 1550. The van der Waals surface area contributed by atoms with E-state index in [1.807, 2.05) is 34.6 Å². The van der Waals surface area contributed by atoms with Crippen LogP contribution in [0.1, 0.15) is 88.4 Å². The number of esters is 5. The zero-order valence-electron chi connectivity index (χ0n) is 29.1. The Kier molecular flexibility index (Phi) is 10.2. The summed E-state index contributed by atoms with van der Waals surface area (Å²) in [5.41, 5.74) is -3.62. The van der Waals surface area contributed by atoms with Gasteiger partial charge in [0.25, 0.3) is 0 Å². The van der Waals surface area contributed by atoms with Crippen molar-refractivity contribution in [3.8, 4) is 0 Å². The monoisotopic (exact) mass is 678 g/mol. The van der Waals surface area contributed by atoms with Gasteiger partial charge in [-0.25, -0.2) is 9.59 Å². The van der Waals surface area contributed by atoms with Crippen molar-refractivity contribution in [1.82, 2.24) is 0 Å². The first-order valence-electron chi connectivity index (χ1n) is 16.8. The van der Waals surface area contributed by atoms with E-state index in [1.165, 1.54) is 13.8 Å². The van der Waals surface area contributed by atoms with Crippen LogP contribution < -0.4 is 0 Å². The second-order valence-electron chi connectivity index (χ2n) is 14.4. The summed E-state index contributed by atoms with van der Waals surface area (Å²) in [5, 5.41) is 0. The lowest BCUT2D eigenvalue weighted by Crippen LogP contribution is -2.78. The number of fused-ring (bicyclic) bond motifs is 1. The molecule has 11 nitrogen and oxygen atoms in total. The molecule has 0 amide bonds. The van der Waals surface area contributed by atoms with Crippen LogP contribution in [0.4, 0.5) is 0 Å². The first-order chi connectivity index (χ1) is 23.1. The molecule has 1 saturated heterocycles. The van der Waals surface area contributed by atoms with Crippen LogP contribution >= 0.6 is 0 Å². The Morgan fingerprint density at radius 1 is 0.776 bits per heavy atom. The molecule has 8 atom stereocenters. The number of hydrogen-bond donors (Lipinski definition) is 0. The van der Waals surface area contributed by atoms with E-state index in [2.05, 4.69) is 0 Å². The minimum Gasteiger partial charge on any atom is -0.465 e. The van der Waals surface area contributed by atoms with Crippen molar-refractivity contribution in [2.24, 2.45) is 23.2 Å². The van der Waals surface area contributed by atoms with E-state index in [0.717, 1.165) is 0 Å². The largest absolute Gasteiger partial charge is 0.465 e. The third kappa shape index (κ3) is 6.69. The van der Waals surface area contributed by atoms with Crippen molar-refractivity contribution in [3.05, 3.63) is 71.8 Å². The summed E-state index contributed by atoms with van der Waals surface area (Å²) in [4.78, 5) is 66.6. The highest BCUT2D eigenvalue weighted by Gasteiger charge is 2.82. The summed E-state index contributed by atoms with van der Waals surface area (Å²) in [7, 11) is 0. The summed E-state index contributed by atoms with van der Waals surface area (Å²) in [5.74, 6) is -4.20. The van der Waals surface area contributed by atoms with Gasteiger partial charge in [-0.1, -0.05) is 57.2 Å². The minimum atomic E-state index is -1.71. The second kappa shape index (κ2) is 13.9. The molecule has 5 rings (SSSR count). The molecule has 3 aliphatic rings. The molecule has 49 heavy (non-hydrogen) atoms. The maximum Gasteiger partial charge on any atom is 0.338 e. The van der Waals surface area contributed by atoms with Crippen LogP contribution in [0.3, 0.4) is 0 Å². The average Bonchev–Trinajstić information content (AvgIpc) is 3.20. The first kappa shape index (κ1) is 36.0. The predicted octanol–water partition coefficient (Wildman–Crippen LogP) is 5.48. The van der Waals surface area contributed by atoms with Crippen LogP contribution in [0.2, 0.25) is 0 Å². The molecule has 264 valence electrons. The van der Waals surface area contributed by atoms with E-state index < -0.39 is 89.3 Å². The zero-order valence-corrected chi connectivity index (χ0v) is 29.1. The SMILES string of the molecule is CC(=O)O[C@@H]1[C@H]2C[C@@H](OC(=O)c3ccccc3)[C@@]3(COC(=O)CC(C)C)[C@@H](OC(C)=O)[C@@H](OC(=O)c4ccccc4)C[C@H](C)[C@@]13OC2(C)C. The summed E-state index contributed by atoms with van der Waals surface area (Å²) < 4.78 is 38.0. The fourth-order valence-corrected chi connectivity index (χ4v) is 8.32. The van der Waals surface area contributed by atoms with E-state index in [4.69, 9.17) is 28.4 Å². The second-order valence-corrected chi connectivity index (χ2v) is 14.4. The van der Waals surface area contributed by atoms with Gasteiger partial charge in [0.2, 0.25) is 0 Å². The average molecular weight is 679 g/mol. The summed E-state index contributed by atoms with van der Waals surface area (Å²) >= 11 is 0. The lowest BCUT2D eigenvalue weighted by molar-refractivity contribution is -0.317. The Morgan fingerprint density at radius 2 is 1.31 bits per heavy atom. The third-order valence-corrected chi connectivity index (χ3v) is 10.2. The fraction of sp³-hybridized carbons (Fsp3) is 0.553.